The van der Waals surface area contributed by atoms with E-state index in [2.05, 4.69) is 4.99 Å². The van der Waals surface area contributed by atoms with Crippen LogP contribution in [0.2, 0.25) is 5.02 Å². The van der Waals surface area contributed by atoms with Crippen LogP contribution in [0.1, 0.15) is 36.8 Å². The number of halogens is 4. The molecule has 1 fully saturated rings. The number of alkyl halides is 3. The molecular formula is C13H11ClF3NO. The van der Waals surface area contributed by atoms with Gasteiger partial charge in [0.2, 0.25) is 6.08 Å². The molecule has 0 atom stereocenters. The number of hydrogen-bond acceptors (Lipinski definition) is 2. The van der Waals surface area contributed by atoms with Crippen molar-refractivity contribution in [3.8, 4) is 0 Å². The van der Waals surface area contributed by atoms with Crippen molar-refractivity contribution in [1.29, 1.82) is 0 Å². The molecule has 0 aliphatic heterocycles. The molecule has 1 aliphatic carbocycles. The summed E-state index contributed by atoms with van der Waals surface area (Å²) in [6.07, 6.45) is -0.330. The number of nitrogens with zero attached hydrogens (tertiary/aromatic N) is 1. The Bertz CT molecular complexity index is 529. The fourth-order valence-corrected chi connectivity index (χ4v) is 2.84. The van der Waals surface area contributed by atoms with Crippen LogP contribution in [-0.4, -0.2) is 6.08 Å². The van der Waals surface area contributed by atoms with Crippen LogP contribution in [0.3, 0.4) is 0 Å². The Hall–Kier alpha value is -1.32. The maximum absolute atomic E-state index is 12.7. The van der Waals surface area contributed by atoms with Crippen molar-refractivity contribution in [2.24, 2.45) is 4.99 Å². The Morgan fingerprint density at radius 1 is 1.26 bits per heavy atom. The van der Waals surface area contributed by atoms with Crippen molar-refractivity contribution in [2.75, 3.05) is 0 Å². The van der Waals surface area contributed by atoms with Gasteiger partial charge in [-0.15, -0.1) is 0 Å². The molecule has 0 saturated heterocycles. The molecule has 1 aromatic carbocycles. The van der Waals surface area contributed by atoms with Gasteiger partial charge in [0.25, 0.3) is 0 Å². The zero-order chi connectivity index (χ0) is 14.1. The second-order valence-electron chi connectivity index (χ2n) is 4.63. The summed E-state index contributed by atoms with van der Waals surface area (Å²) < 4.78 is 38.2. The van der Waals surface area contributed by atoms with Gasteiger partial charge in [0.1, 0.15) is 0 Å². The lowest BCUT2D eigenvalue weighted by Crippen LogP contribution is -2.20. The highest BCUT2D eigenvalue weighted by molar-refractivity contribution is 6.31. The van der Waals surface area contributed by atoms with E-state index in [9.17, 15) is 18.0 Å². The molecule has 1 aliphatic rings. The van der Waals surface area contributed by atoms with E-state index < -0.39 is 17.3 Å². The molecule has 1 saturated carbocycles. The van der Waals surface area contributed by atoms with Crippen molar-refractivity contribution >= 4 is 17.7 Å². The summed E-state index contributed by atoms with van der Waals surface area (Å²) >= 11 is 5.99. The largest absolute Gasteiger partial charge is 0.416 e. The van der Waals surface area contributed by atoms with E-state index in [1.807, 2.05) is 0 Å². The van der Waals surface area contributed by atoms with E-state index in [-0.39, 0.29) is 10.6 Å². The van der Waals surface area contributed by atoms with E-state index in [1.165, 1.54) is 12.1 Å². The van der Waals surface area contributed by atoms with Crippen molar-refractivity contribution in [2.45, 2.75) is 37.4 Å². The highest BCUT2D eigenvalue weighted by Crippen LogP contribution is 2.46. The van der Waals surface area contributed by atoms with Gasteiger partial charge in [-0.25, -0.2) is 4.79 Å². The standard InChI is InChI=1S/C13H11ClF3NO/c14-11-4-3-9(13(15,16)17)7-10(11)12(18-8-19)5-1-2-6-12/h3-4,7H,1-2,5-6H2. The topological polar surface area (TPSA) is 29.4 Å². The van der Waals surface area contributed by atoms with Crippen LogP contribution in [0.15, 0.2) is 23.2 Å². The maximum Gasteiger partial charge on any atom is 0.416 e. The van der Waals surface area contributed by atoms with Crippen molar-refractivity contribution in [3.05, 3.63) is 34.3 Å². The van der Waals surface area contributed by atoms with Crippen LogP contribution in [0.25, 0.3) is 0 Å². The van der Waals surface area contributed by atoms with Crippen LogP contribution in [0.5, 0.6) is 0 Å². The van der Waals surface area contributed by atoms with Gasteiger partial charge in [-0.1, -0.05) is 24.4 Å². The number of isocyanates is 1. The molecule has 1 aromatic rings. The van der Waals surface area contributed by atoms with Crippen LogP contribution >= 0.6 is 11.6 Å². The molecule has 2 rings (SSSR count). The van der Waals surface area contributed by atoms with E-state index in [0.29, 0.717) is 12.8 Å². The van der Waals surface area contributed by atoms with Gasteiger partial charge in [0, 0.05) is 5.02 Å². The Labute approximate surface area is 113 Å². The van der Waals surface area contributed by atoms with Crippen LogP contribution in [0, 0.1) is 0 Å². The fourth-order valence-electron chi connectivity index (χ4n) is 2.55. The predicted molar refractivity (Wildman–Crippen MR) is 64.7 cm³/mol. The van der Waals surface area contributed by atoms with E-state index in [0.717, 1.165) is 25.0 Å². The van der Waals surface area contributed by atoms with Gasteiger partial charge < -0.3 is 0 Å². The average Bonchev–Trinajstić information content (AvgIpc) is 2.78. The van der Waals surface area contributed by atoms with Gasteiger partial charge in [-0.3, -0.25) is 0 Å². The Kier molecular flexibility index (Phi) is 3.70. The first-order valence-electron chi connectivity index (χ1n) is 5.85. The smallest absolute Gasteiger partial charge is 0.211 e. The lowest BCUT2D eigenvalue weighted by Gasteiger charge is -2.25. The summed E-state index contributed by atoms with van der Waals surface area (Å²) in [6, 6.07) is 3.13. The molecule has 0 aromatic heterocycles. The predicted octanol–water partition coefficient (Wildman–Crippen LogP) is 4.46. The summed E-state index contributed by atoms with van der Waals surface area (Å²) in [4.78, 5) is 14.3. The van der Waals surface area contributed by atoms with Crippen LogP contribution < -0.4 is 0 Å². The summed E-state index contributed by atoms with van der Waals surface area (Å²) in [7, 11) is 0. The number of aliphatic imine (C=N–C) groups is 1. The molecule has 19 heavy (non-hydrogen) atoms. The van der Waals surface area contributed by atoms with Gasteiger partial charge in [0.05, 0.1) is 11.1 Å². The third-order valence-electron chi connectivity index (χ3n) is 3.49. The molecule has 6 heteroatoms. The number of hydrogen-bond donors (Lipinski definition) is 0. The number of benzene rings is 1. The quantitative estimate of drug-likeness (QED) is 0.583. The zero-order valence-electron chi connectivity index (χ0n) is 9.93. The molecule has 102 valence electrons. The first-order valence-corrected chi connectivity index (χ1v) is 6.23. The Morgan fingerprint density at radius 3 is 2.42 bits per heavy atom. The molecule has 0 radical (unpaired) electrons. The Balaban J connectivity index is 2.57. The van der Waals surface area contributed by atoms with Gasteiger partial charge >= 0.3 is 6.18 Å². The van der Waals surface area contributed by atoms with Crippen molar-refractivity contribution in [1.82, 2.24) is 0 Å². The molecule has 0 unspecified atom stereocenters. The summed E-state index contributed by atoms with van der Waals surface area (Å²) in [5.41, 5.74) is -1.45. The minimum atomic E-state index is -4.44. The zero-order valence-corrected chi connectivity index (χ0v) is 10.7. The molecular weight excluding hydrogens is 279 g/mol. The molecule has 2 nitrogen and oxygen atoms in total. The monoisotopic (exact) mass is 289 g/mol. The second kappa shape index (κ2) is 4.99. The van der Waals surface area contributed by atoms with E-state index >= 15 is 0 Å². The highest BCUT2D eigenvalue weighted by Gasteiger charge is 2.39. The van der Waals surface area contributed by atoms with Gasteiger partial charge in [0.15, 0.2) is 0 Å². The van der Waals surface area contributed by atoms with Crippen LogP contribution in [0.4, 0.5) is 13.2 Å². The molecule has 0 bridgehead atoms. The third-order valence-corrected chi connectivity index (χ3v) is 3.82. The normalized spacial score (nSPS) is 18.1. The van der Waals surface area contributed by atoms with Gasteiger partial charge in [-0.05, 0) is 36.6 Å². The number of carbonyl (C=O) groups excluding carboxylic acids is 1. The fraction of sp³-hybridized carbons (Fsp3) is 0.462. The van der Waals surface area contributed by atoms with E-state index in [4.69, 9.17) is 11.6 Å². The molecule has 0 spiro atoms. The molecule has 0 heterocycles. The second-order valence-corrected chi connectivity index (χ2v) is 5.04. The first kappa shape index (κ1) is 14.1. The molecule has 0 amide bonds. The van der Waals surface area contributed by atoms with Crippen molar-refractivity contribution in [3.63, 3.8) is 0 Å². The Morgan fingerprint density at radius 2 is 1.89 bits per heavy atom. The van der Waals surface area contributed by atoms with Gasteiger partial charge in [-0.2, -0.15) is 18.2 Å². The average molecular weight is 290 g/mol. The maximum atomic E-state index is 12.7. The summed E-state index contributed by atoms with van der Waals surface area (Å²) in [5.74, 6) is 0. The lowest BCUT2D eigenvalue weighted by molar-refractivity contribution is -0.137. The first-order chi connectivity index (χ1) is 8.89. The third kappa shape index (κ3) is 2.67. The summed E-state index contributed by atoms with van der Waals surface area (Å²) in [5, 5.41) is 0.203. The van der Waals surface area contributed by atoms with Crippen LogP contribution in [-0.2, 0) is 16.5 Å². The highest BCUT2D eigenvalue weighted by atomic mass is 35.5. The van der Waals surface area contributed by atoms with E-state index in [1.54, 1.807) is 0 Å². The SMILES string of the molecule is O=C=NC1(c2cc(C(F)(F)F)ccc2Cl)CCCC1. The lowest BCUT2D eigenvalue weighted by atomic mass is 9.88. The summed E-state index contributed by atoms with van der Waals surface area (Å²) in [6.45, 7) is 0. The molecule has 0 N–H and O–H groups in total. The minimum absolute atomic E-state index is 0.203. The minimum Gasteiger partial charge on any atom is -0.211 e. The number of rotatable bonds is 2. The van der Waals surface area contributed by atoms with Crippen molar-refractivity contribution < 1.29 is 18.0 Å².